The number of carbonyl (C=O) groups excluding carboxylic acids is 2. The molecule has 0 aliphatic carbocycles. The van der Waals surface area contributed by atoms with E-state index < -0.39 is 5.60 Å². The molecular weight excluding hydrogens is 394 g/mol. The summed E-state index contributed by atoms with van der Waals surface area (Å²) < 4.78 is 7.40. The predicted octanol–water partition coefficient (Wildman–Crippen LogP) is 2.55. The van der Waals surface area contributed by atoms with Crippen LogP contribution < -0.4 is 0 Å². The van der Waals surface area contributed by atoms with Gasteiger partial charge in [0.1, 0.15) is 0 Å². The van der Waals surface area contributed by atoms with Crippen LogP contribution in [0.2, 0.25) is 0 Å². The Bertz CT molecular complexity index is 1070. The number of amides is 2. The van der Waals surface area contributed by atoms with Gasteiger partial charge in [0.25, 0.3) is 5.91 Å². The molecule has 1 spiro atoms. The van der Waals surface area contributed by atoms with Crippen molar-refractivity contribution < 1.29 is 14.3 Å². The highest BCUT2D eigenvalue weighted by molar-refractivity contribution is 5.94. The zero-order chi connectivity index (χ0) is 21.3. The molecule has 0 radical (unpaired) electrons. The molecule has 1 aromatic carbocycles. The summed E-state index contributed by atoms with van der Waals surface area (Å²) in [7, 11) is 0. The Hall–Kier alpha value is -3.68. The van der Waals surface area contributed by atoms with E-state index in [4.69, 9.17) is 4.74 Å². The van der Waals surface area contributed by atoms with E-state index in [-0.39, 0.29) is 12.0 Å². The van der Waals surface area contributed by atoms with Crippen LogP contribution in [0.25, 0.3) is 5.82 Å². The fourth-order valence-electron chi connectivity index (χ4n) is 4.24. The number of aromatic nitrogens is 3. The highest BCUT2D eigenvalue weighted by Gasteiger charge is 2.50. The smallest absolute Gasteiger partial charge is 0.410 e. The van der Waals surface area contributed by atoms with E-state index in [1.54, 1.807) is 45.2 Å². The van der Waals surface area contributed by atoms with Gasteiger partial charge in [-0.3, -0.25) is 4.79 Å². The fourth-order valence-corrected chi connectivity index (χ4v) is 4.24. The zero-order valence-corrected chi connectivity index (χ0v) is 17.1. The summed E-state index contributed by atoms with van der Waals surface area (Å²) in [5.74, 6) is 0.549. The number of carbonyl (C=O) groups is 2. The van der Waals surface area contributed by atoms with Crippen LogP contribution in [-0.2, 0) is 11.2 Å². The van der Waals surface area contributed by atoms with Gasteiger partial charge in [0, 0.05) is 38.1 Å². The van der Waals surface area contributed by atoms with Gasteiger partial charge in [-0.1, -0.05) is 30.3 Å². The van der Waals surface area contributed by atoms with Crippen LogP contribution in [-0.4, -0.2) is 68.3 Å². The molecule has 5 rings (SSSR count). The Morgan fingerprint density at radius 3 is 2.71 bits per heavy atom. The molecule has 1 unspecified atom stereocenters. The van der Waals surface area contributed by atoms with Gasteiger partial charge in [-0.15, -0.1) is 0 Å². The minimum Gasteiger partial charge on any atom is -0.439 e. The van der Waals surface area contributed by atoms with Crippen LogP contribution in [0.5, 0.6) is 0 Å². The van der Waals surface area contributed by atoms with Crippen LogP contribution >= 0.6 is 0 Å². The monoisotopic (exact) mass is 417 g/mol. The molecule has 31 heavy (non-hydrogen) atoms. The van der Waals surface area contributed by atoms with Crippen molar-refractivity contribution in [3.8, 4) is 5.82 Å². The van der Waals surface area contributed by atoms with Crippen LogP contribution in [0.3, 0.4) is 0 Å². The van der Waals surface area contributed by atoms with Gasteiger partial charge in [-0.05, 0) is 30.2 Å². The van der Waals surface area contributed by atoms with E-state index in [1.807, 2.05) is 24.3 Å². The second kappa shape index (κ2) is 7.86. The molecule has 8 heteroatoms. The van der Waals surface area contributed by atoms with E-state index in [2.05, 4.69) is 22.2 Å². The van der Waals surface area contributed by atoms with Crippen molar-refractivity contribution in [1.29, 1.82) is 0 Å². The minimum absolute atomic E-state index is 0.102. The number of likely N-dealkylation sites (tertiary alicyclic amines) is 1. The van der Waals surface area contributed by atoms with Gasteiger partial charge in [-0.25, -0.2) is 14.5 Å². The summed E-state index contributed by atoms with van der Waals surface area (Å²) in [4.78, 5) is 33.2. The topological polar surface area (TPSA) is 80.6 Å². The van der Waals surface area contributed by atoms with Gasteiger partial charge in [0.2, 0.25) is 0 Å². The third-order valence-electron chi connectivity index (χ3n) is 5.89. The maximum Gasteiger partial charge on any atom is 0.410 e. The SMILES string of the molecule is O=C1OC2(CCN(C(=O)c3ccc(-n4cccn4)nc3)C2)CN1CCc1ccccc1. The second-order valence-electron chi connectivity index (χ2n) is 8.04. The molecule has 2 fully saturated rings. The molecule has 4 heterocycles. The quantitative estimate of drug-likeness (QED) is 0.637. The molecule has 3 aromatic rings. The molecule has 0 N–H and O–H groups in total. The summed E-state index contributed by atoms with van der Waals surface area (Å²) in [5.41, 5.74) is 1.08. The minimum atomic E-state index is -0.619. The largest absolute Gasteiger partial charge is 0.439 e. The fraction of sp³-hybridized carbons (Fsp3) is 0.304. The summed E-state index contributed by atoms with van der Waals surface area (Å²) in [6.45, 7) is 2.08. The summed E-state index contributed by atoms with van der Waals surface area (Å²) in [6, 6.07) is 15.4. The molecule has 2 amide bonds. The average Bonchev–Trinajstić information content (AvgIpc) is 3.54. The molecule has 2 aliphatic rings. The lowest BCUT2D eigenvalue weighted by Crippen LogP contribution is -2.39. The van der Waals surface area contributed by atoms with Crippen molar-refractivity contribution in [1.82, 2.24) is 24.6 Å². The van der Waals surface area contributed by atoms with Crippen molar-refractivity contribution in [3.05, 3.63) is 78.2 Å². The van der Waals surface area contributed by atoms with E-state index in [0.29, 0.717) is 44.0 Å². The molecule has 2 saturated heterocycles. The molecular formula is C23H23N5O3. The second-order valence-corrected chi connectivity index (χ2v) is 8.04. The lowest BCUT2D eigenvalue weighted by atomic mass is 10.0. The van der Waals surface area contributed by atoms with Crippen molar-refractivity contribution >= 4 is 12.0 Å². The Kier molecular flexibility index (Phi) is 4.89. The molecule has 2 aromatic heterocycles. The first kappa shape index (κ1) is 19.3. The normalized spacial score (nSPS) is 20.5. The average molecular weight is 417 g/mol. The van der Waals surface area contributed by atoms with Gasteiger partial charge < -0.3 is 14.5 Å². The summed E-state index contributed by atoms with van der Waals surface area (Å²) in [6.07, 6.45) is 6.17. The number of ether oxygens (including phenoxy) is 1. The van der Waals surface area contributed by atoms with E-state index in [0.717, 1.165) is 6.42 Å². The molecule has 2 aliphatic heterocycles. The Morgan fingerprint density at radius 1 is 1.10 bits per heavy atom. The van der Waals surface area contributed by atoms with Crippen LogP contribution in [0.4, 0.5) is 4.79 Å². The maximum atomic E-state index is 13.0. The Morgan fingerprint density at radius 2 is 1.97 bits per heavy atom. The number of hydrogen-bond donors (Lipinski definition) is 0. The lowest BCUT2D eigenvalue weighted by molar-refractivity contribution is 0.0552. The lowest BCUT2D eigenvalue weighted by Gasteiger charge is -2.22. The third kappa shape index (κ3) is 3.88. The molecule has 0 bridgehead atoms. The Balaban J connectivity index is 1.21. The van der Waals surface area contributed by atoms with Crippen LogP contribution in [0.1, 0.15) is 22.3 Å². The summed E-state index contributed by atoms with van der Waals surface area (Å²) in [5, 5.41) is 4.14. The number of hydrogen-bond acceptors (Lipinski definition) is 5. The van der Waals surface area contributed by atoms with E-state index >= 15 is 0 Å². The first-order chi connectivity index (χ1) is 15.1. The van der Waals surface area contributed by atoms with Crippen molar-refractivity contribution in [2.45, 2.75) is 18.4 Å². The van der Waals surface area contributed by atoms with Gasteiger partial charge in [0.05, 0.1) is 18.7 Å². The number of benzene rings is 1. The molecule has 0 saturated carbocycles. The van der Waals surface area contributed by atoms with Crippen molar-refractivity contribution in [2.75, 3.05) is 26.2 Å². The van der Waals surface area contributed by atoms with Crippen LogP contribution in [0.15, 0.2) is 67.1 Å². The summed E-state index contributed by atoms with van der Waals surface area (Å²) >= 11 is 0. The van der Waals surface area contributed by atoms with Gasteiger partial charge in [0.15, 0.2) is 11.4 Å². The van der Waals surface area contributed by atoms with E-state index in [1.165, 1.54) is 5.56 Å². The maximum absolute atomic E-state index is 13.0. The van der Waals surface area contributed by atoms with Crippen molar-refractivity contribution in [2.24, 2.45) is 0 Å². The van der Waals surface area contributed by atoms with Gasteiger partial charge in [-0.2, -0.15) is 5.10 Å². The highest BCUT2D eigenvalue weighted by atomic mass is 16.6. The predicted molar refractivity (Wildman–Crippen MR) is 113 cm³/mol. The van der Waals surface area contributed by atoms with Crippen molar-refractivity contribution in [3.63, 3.8) is 0 Å². The number of rotatable bonds is 5. The first-order valence-electron chi connectivity index (χ1n) is 10.4. The molecule has 158 valence electrons. The molecule has 8 nitrogen and oxygen atoms in total. The molecule has 1 atom stereocenters. The number of nitrogens with zero attached hydrogens (tertiary/aromatic N) is 5. The van der Waals surface area contributed by atoms with Crippen LogP contribution in [0, 0.1) is 0 Å². The standard InChI is InChI=1S/C23H23N5O3/c29-21(19-7-8-20(24-15-19)28-12-4-11-25-28)26-14-10-23(16-26)17-27(22(30)31-23)13-9-18-5-2-1-3-6-18/h1-8,11-12,15H,9-10,13-14,16-17H2. The zero-order valence-electron chi connectivity index (χ0n) is 17.1. The van der Waals surface area contributed by atoms with Gasteiger partial charge >= 0.3 is 6.09 Å². The number of pyridine rings is 1. The Labute approximate surface area is 180 Å². The van der Waals surface area contributed by atoms with E-state index in [9.17, 15) is 9.59 Å². The first-order valence-corrected chi connectivity index (χ1v) is 10.4. The highest BCUT2D eigenvalue weighted by Crippen LogP contribution is 2.33. The third-order valence-corrected chi connectivity index (χ3v) is 5.89.